The minimum absolute atomic E-state index is 0.0399. The minimum Gasteiger partial charge on any atom is -0.465 e. The average Bonchev–Trinajstić information content (AvgIpc) is 3.18. The van der Waals surface area contributed by atoms with Gasteiger partial charge in [0.15, 0.2) is 0 Å². The van der Waals surface area contributed by atoms with Gasteiger partial charge in [0.1, 0.15) is 0 Å². The van der Waals surface area contributed by atoms with Crippen molar-refractivity contribution in [3.05, 3.63) is 0 Å². The first-order chi connectivity index (χ1) is 27.5. The first-order valence-electron chi connectivity index (χ1n) is 24.4. The second-order valence-electron chi connectivity index (χ2n) is 18.2. The van der Waals surface area contributed by atoms with Crippen LogP contribution in [0.5, 0.6) is 0 Å². The van der Waals surface area contributed by atoms with Crippen LogP contribution < -0.4 is 0 Å². The van der Waals surface area contributed by atoms with Gasteiger partial charge in [-0.25, -0.2) is 4.79 Å². The maximum Gasteiger partial charge on any atom is 0.508 e. The molecule has 0 aliphatic heterocycles. The van der Waals surface area contributed by atoms with Crippen LogP contribution in [0.15, 0.2) is 0 Å². The van der Waals surface area contributed by atoms with Gasteiger partial charge in [-0.1, -0.05) is 157 Å². The summed E-state index contributed by atoms with van der Waals surface area (Å²) in [5.41, 5.74) is -0.0399. The fourth-order valence-corrected chi connectivity index (χ4v) is 7.48. The molecule has 0 unspecified atom stereocenters. The second kappa shape index (κ2) is 39.6. The zero-order chi connectivity index (χ0) is 42.2. The van der Waals surface area contributed by atoms with Crippen molar-refractivity contribution < 1.29 is 28.6 Å². The molecule has 0 aliphatic rings. The summed E-state index contributed by atoms with van der Waals surface area (Å²) in [5.74, 6) is 0.651. The first kappa shape index (κ1) is 55.2. The van der Waals surface area contributed by atoms with Crippen LogP contribution in [-0.4, -0.2) is 81.4 Å². The summed E-state index contributed by atoms with van der Waals surface area (Å²) in [7, 11) is 4.16. The van der Waals surface area contributed by atoms with E-state index in [4.69, 9.17) is 14.2 Å². The lowest BCUT2D eigenvalue weighted by Crippen LogP contribution is -2.33. The summed E-state index contributed by atoms with van der Waals surface area (Å²) in [4.78, 5) is 42.2. The topological polar surface area (TPSA) is 85.4 Å². The minimum atomic E-state index is -0.522. The predicted octanol–water partition coefficient (Wildman–Crippen LogP) is 13.9. The molecule has 0 radical (unpaired) electrons. The molecular formula is C49H96N2O6. The molecule has 0 saturated carbocycles. The molecule has 0 heterocycles. The largest absolute Gasteiger partial charge is 0.508 e. The molecular weight excluding hydrogens is 713 g/mol. The van der Waals surface area contributed by atoms with E-state index in [2.05, 4.69) is 58.5 Å². The number of hydrogen-bond acceptors (Lipinski definition) is 7. The summed E-state index contributed by atoms with van der Waals surface area (Å²) >= 11 is 0. The van der Waals surface area contributed by atoms with Crippen LogP contribution >= 0.6 is 0 Å². The van der Waals surface area contributed by atoms with Gasteiger partial charge in [0.05, 0.1) is 19.8 Å². The summed E-state index contributed by atoms with van der Waals surface area (Å²) in [6.45, 7) is 15.0. The Morgan fingerprint density at radius 2 is 0.982 bits per heavy atom. The van der Waals surface area contributed by atoms with Gasteiger partial charge in [-0.15, -0.1) is 0 Å². The van der Waals surface area contributed by atoms with Crippen LogP contribution in [0.2, 0.25) is 0 Å². The van der Waals surface area contributed by atoms with Crippen molar-refractivity contribution in [3.8, 4) is 0 Å². The molecule has 0 fully saturated rings. The number of carbonyl (C=O) groups excluding carboxylic acids is 3. The molecule has 0 saturated heterocycles. The van der Waals surface area contributed by atoms with Gasteiger partial charge < -0.3 is 24.0 Å². The van der Waals surface area contributed by atoms with Crippen molar-refractivity contribution in [3.63, 3.8) is 0 Å². The van der Waals surface area contributed by atoms with Crippen LogP contribution in [-0.2, 0) is 23.8 Å². The van der Waals surface area contributed by atoms with Crippen LogP contribution in [0.3, 0.4) is 0 Å². The number of carbonyl (C=O) groups is 3. The fourth-order valence-electron chi connectivity index (χ4n) is 7.48. The molecule has 338 valence electrons. The van der Waals surface area contributed by atoms with E-state index in [0.717, 1.165) is 110 Å². The third kappa shape index (κ3) is 38.1. The van der Waals surface area contributed by atoms with Gasteiger partial charge in [-0.05, 0) is 96.2 Å². The van der Waals surface area contributed by atoms with Crippen molar-refractivity contribution in [2.24, 2.45) is 11.3 Å². The first-order valence-corrected chi connectivity index (χ1v) is 24.4. The normalized spacial score (nSPS) is 11.7. The summed E-state index contributed by atoms with van der Waals surface area (Å²) in [6.07, 6.45) is 33.8. The van der Waals surface area contributed by atoms with Crippen LogP contribution in [0.4, 0.5) is 4.79 Å². The lowest BCUT2D eigenvalue weighted by molar-refractivity contribution is -0.147. The van der Waals surface area contributed by atoms with Crippen molar-refractivity contribution in [1.82, 2.24) is 9.80 Å². The van der Waals surface area contributed by atoms with Gasteiger partial charge in [0, 0.05) is 25.9 Å². The van der Waals surface area contributed by atoms with Gasteiger partial charge in [-0.2, -0.15) is 0 Å². The van der Waals surface area contributed by atoms with Gasteiger partial charge >= 0.3 is 12.1 Å². The number of nitrogens with zero attached hydrogens (tertiary/aromatic N) is 2. The molecule has 0 bridgehead atoms. The number of amides is 1. The number of unbranched alkanes of at least 4 members (excludes halogenated alkanes) is 20. The molecule has 0 rings (SSSR count). The highest BCUT2D eigenvalue weighted by atomic mass is 16.7. The third-order valence-corrected chi connectivity index (χ3v) is 11.4. The standard InChI is InChI=1S/C49H96N2O6/c1-8-11-14-17-18-21-27-37-47(53)57-44-49(4,5)38-29-24-31-41-51(46(52)36-28-32-39-50(6)7)40-30-22-23-33-42-55-48(54)56-43-45(34-25-19-15-12-9-2)35-26-20-16-13-10-3/h45H,8-44H2,1-7H3. The number of hydrogen-bond donors (Lipinski definition) is 0. The lowest BCUT2D eigenvalue weighted by Gasteiger charge is -2.25. The smallest absolute Gasteiger partial charge is 0.465 e. The SMILES string of the molecule is CCCCCCCCCC(=O)OCC(C)(C)CCCCCN(CCCCCCOC(=O)OCC(CCCCCCC)CCCCCCC)C(=O)CCCCN(C)C. The highest BCUT2D eigenvalue weighted by Gasteiger charge is 2.20. The van der Waals surface area contributed by atoms with E-state index in [1.54, 1.807) is 0 Å². The molecule has 8 heteroatoms. The highest BCUT2D eigenvalue weighted by molar-refractivity contribution is 5.76. The fraction of sp³-hybridized carbons (Fsp3) is 0.939. The molecule has 0 atom stereocenters. The van der Waals surface area contributed by atoms with Gasteiger partial charge in [-0.3, -0.25) is 9.59 Å². The van der Waals surface area contributed by atoms with E-state index in [-0.39, 0.29) is 17.3 Å². The monoisotopic (exact) mass is 809 g/mol. The highest BCUT2D eigenvalue weighted by Crippen LogP contribution is 2.25. The molecule has 0 aliphatic carbocycles. The van der Waals surface area contributed by atoms with Gasteiger partial charge in [0.25, 0.3) is 0 Å². The molecule has 0 aromatic carbocycles. The summed E-state index contributed by atoms with van der Waals surface area (Å²) < 4.78 is 16.7. The van der Waals surface area contributed by atoms with Crippen molar-refractivity contribution in [2.45, 2.75) is 234 Å². The summed E-state index contributed by atoms with van der Waals surface area (Å²) in [5, 5.41) is 0. The van der Waals surface area contributed by atoms with Crippen molar-refractivity contribution in [2.75, 3.05) is 53.6 Å². The molecule has 1 amide bonds. The zero-order valence-corrected chi connectivity index (χ0v) is 39.1. The third-order valence-electron chi connectivity index (χ3n) is 11.4. The molecule has 0 spiro atoms. The maximum absolute atomic E-state index is 13.3. The maximum atomic E-state index is 13.3. The van der Waals surface area contributed by atoms with E-state index < -0.39 is 6.16 Å². The van der Waals surface area contributed by atoms with E-state index in [1.165, 1.54) is 96.3 Å². The Kier molecular flexibility index (Phi) is 38.3. The van der Waals surface area contributed by atoms with E-state index in [9.17, 15) is 14.4 Å². The van der Waals surface area contributed by atoms with E-state index >= 15 is 0 Å². The number of rotatable bonds is 42. The van der Waals surface area contributed by atoms with Gasteiger partial charge in [0.2, 0.25) is 5.91 Å². The molecule has 0 N–H and O–H groups in total. The Hall–Kier alpha value is -1.83. The number of ether oxygens (including phenoxy) is 3. The van der Waals surface area contributed by atoms with Crippen molar-refractivity contribution >= 4 is 18.0 Å². The van der Waals surface area contributed by atoms with Crippen LogP contribution in [0, 0.1) is 11.3 Å². The Labute approximate surface area is 354 Å². The van der Waals surface area contributed by atoms with E-state index in [0.29, 0.717) is 38.6 Å². The quantitative estimate of drug-likeness (QED) is 0.0448. The van der Waals surface area contributed by atoms with Crippen LogP contribution in [0.1, 0.15) is 234 Å². The summed E-state index contributed by atoms with van der Waals surface area (Å²) in [6, 6.07) is 0. The Balaban J connectivity index is 4.49. The predicted molar refractivity (Wildman–Crippen MR) is 241 cm³/mol. The number of esters is 1. The van der Waals surface area contributed by atoms with Crippen molar-refractivity contribution in [1.29, 1.82) is 0 Å². The lowest BCUT2D eigenvalue weighted by atomic mass is 9.88. The Morgan fingerprint density at radius 3 is 1.56 bits per heavy atom. The van der Waals surface area contributed by atoms with E-state index in [1.807, 2.05) is 0 Å². The Bertz CT molecular complexity index is 912. The average molecular weight is 809 g/mol. The Morgan fingerprint density at radius 1 is 0.509 bits per heavy atom. The molecule has 8 nitrogen and oxygen atoms in total. The second-order valence-corrected chi connectivity index (χ2v) is 18.2. The zero-order valence-electron chi connectivity index (χ0n) is 39.1. The molecule has 0 aromatic heterocycles. The molecule has 0 aromatic rings. The van der Waals surface area contributed by atoms with Crippen LogP contribution in [0.25, 0.3) is 0 Å². The molecule has 57 heavy (non-hydrogen) atoms.